The summed E-state index contributed by atoms with van der Waals surface area (Å²) in [7, 11) is 0. The zero-order valence-corrected chi connectivity index (χ0v) is 8.39. The number of carboxylic acid groups (broad SMARTS) is 1. The summed E-state index contributed by atoms with van der Waals surface area (Å²) in [4.78, 5) is 10.2. The average molecular weight is 221 g/mol. The standard InChI is InChI=1S/C9H7N3O2S/c13-8(14)4-6-15-9-11-10-7-3-1-2-5-12(7)9/h1-6H,(H,13,14). The third-order valence-corrected chi connectivity index (χ3v) is 2.43. The van der Waals surface area contributed by atoms with Crippen LogP contribution in [-0.2, 0) is 4.79 Å². The van der Waals surface area contributed by atoms with Crippen LogP contribution in [0.25, 0.3) is 5.65 Å². The predicted molar refractivity (Wildman–Crippen MR) is 55.6 cm³/mol. The van der Waals surface area contributed by atoms with Crippen molar-refractivity contribution in [2.45, 2.75) is 5.16 Å². The van der Waals surface area contributed by atoms with Crippen molar-refractivity contribution in [3.8, 4) is 0 Å². The monoisotopic (exact) mass is 221 g/mol. The van der Waals surface area contributed by atoms with E-state index in [4.69, 9.17) is 5.11 Å². The van der Waals surface area contributed by atoms with Gasteiger partial charge in [-0.3, -0.25) is 4.40 Å². The van der Waals surface area contributed by atoms with Crippen LogP contribution in [0.15, 0.2) is 41.0 Å². The van der Waals surface area contributed by atoms with Gasteiger partial charge in [0.1, 0.15) is 0 Å². The van der Waals surface area contributed by atoms with Gasteiger partial charge in [-0.2, -0.15) is 0 Å². The van der Waals surface area contributed by atoms with Crippen LogP contribution in [0, 0.1) is 0 Å². The lowest BCUT2D eigenvalue weighted by Crippen LogP contribution is -1.86. The van der Waals surface area contributed by atoms with Gasteiger partial charge in [0.15, 0.2) is 10.8 Å². The molecule has 0 aliphatic rings. The number of rotatable bonds is 3. The van der Waals surface area contributed by atoms with Crippen molar-refractivity contribution in [1.29, 1.82) is 0 Å². The van der Waals surface area contributed by atoms with Crippen LogP contribution in [0.2, 0.25) is 0 Å². The van der Waals surface area contributed by atoms with Crippen LogP contribution in [0.3, 0.4) is 0 Å². The Kier molecular flexibility index (Phi) is 2.68. The molecule has 2 rings (SSSR count). The van der Waals surface area contributed by atoms with E-state index >= 15 is 0 Å². The molecule has 0 radical (unpaired) electrons. The maximum atomic E-state index is 10.2. The molecule has 0 atom stereocenters. The van der Waals surface area contributed by atoms with Crippen LogP contribution in [0.4, 0.5) is 0 Å². The Morgan fingerprint density at radius 2 is 2.33 bits per heavy atom. The normalized spacial score (nSPS) is 11.2. The number of carbonyl (C=O) groups is 1. The zero-order chi connectivity index (χ0) is 10.7. The molecule has 0 aliphatic heterocycles. The minimum atomic E-state index is -0.976. The maximum Gasteiger partial charge on any atom is 0.328 e. The van der Waals surface area contributed by atoms with Crippen molar-refractivity contribution >= 4 is 23.4 Å². The molecule has 1 N–H and O–H groups in total. The van der Waals surface area contributed by atoms with Gasteiger partial charge in [0, 0.05) is 12.3 Å². The van der Waals surface area contributed by atoms with Crippen molar-refractivity contribution in [3.63, 3.8) is 0 Å². The lowest BCUT2D eigenvalue weighted by molar-refractivity contribution is -0.131. The first kappa shape index (κ1) is 9.72. The highest BCUT2D eigenvalue weighted by Crippen LogP contribution is 2.17. The Hall–Kier alpha value is -1.82. The molecule has 0 fully saturated rings. The number of fused-ring (bicyclic) bond motifs is 1. The van der Waals surface area contributed by atoms with E-state index in [9.17, 15) is 4.79 Å². The van der Waals surface area contributed by atoms with Gasteiger partial charge in [0.05, 0.1) is 0 Å². The third kappa shape index (κ3) is 2.16. The molecule has 2 heterocycles. The van der Waals surface area contributed by atoms with Gasteiger partial charge in [-0.1, -0.05) is 17.8 Å². The average Bonchev–Trinajstić information content (AvgIpc) is 2.62. The molecule has 0 aliphatic carbocycles. The first-order valence-corrected chi connectivity index (χ1v) is 5.01. The lowest BCUT2D eigenvalue weighted by atomic mass is 10.5. The quantitative estimate of drug-likeness (QED) is 0.627. The number of hydrogen-bond acceptors (Lipinski definition) is 4. The van der Waals surface area contributed by atoms with E-state index in [1.807, 2.05) is 24.4 Å². The highest BCUT2D eigenvalue weighted by Gasteiger charge is 2.02. The van der Waals surface area contributed by atoms with E-state index < -0.39 is 5.97 Å². The smallest absolute Gasteiger partial charge is 0.328 e. The molecule has 0 spiro atoms. The molecular formula is C9H7N3O2S. The Morgan fingerprint density at radius 3 is 3.13 bits per heavy atom. The van der Waals surface area contributed by atoms with Gasteiger partial charge < -0.3 is 5.11 Å². The van der Waals surface area contributed by atoms with Crippen molar-refractivity contribution < 1.29 is 9.90 Å². The number of thioether (sulfide) groups is 1. The summed E-state index contributed by atoms with van der Waals surface area (Å²) >= 11 is 1.21. The van der Waals surface area contributed by atoms with Gasteiger partial charge in [-0.15, -0.1) is 10.2 Å². The second-order valence-corrected chi connectivity index (χ2v) is 3.54. The second-order valence-electron chi connectivity index (χ2n) is 2.67. The Balaban J connectivity index is 2.25. The number of carboxylic acids is 1. The van der Waals surface area contributed by atoms with E-state index in [-0.39, 0.29) is 0 Å². The number of aromatic nitrogens is 3. The largest absolute Gasteiger partial charge is 0.478 e. The maximum absolute atomic E-state index is 10.2. The molecule has 6 heteroatoms. The number of aliphatic carboxylic acids is 1. The van der Waals surface area contributed by atoms with Crippen LogP contribution in [0.5, 0.6) is 0 Å². The van der Waals surface area contributed by atoms with Crippen molar-refractivity contribution in [2.24, 2.45) is 0 Å². The van der Waals surface area contributed by atoms with Gasteiger partial charge in [0.25, 0.3) is 0 Å². The molecular weight excluding hydrogens is 214 g/mol. The number of pyridine rings is 1. The minimum Gasteiger partial charge on any atom is -0.478 e. The summed E-state index contributed by atoms with van der Waals surface area (Å²) in [6.07, 6.45) is 2.89. The molecule has 0 amide bonds. The van der Waals surface area contributed by atoms with E-state index in [1.54, 1.807) is 4.40 Å². The Labute approximate surface area is 89.4 Å². The van der Waals surface area contributed by atoms with Gasteiger partial charge in [-0.25, -0.2) is 4.79 Å². The van der Waals surface area contributed by atoms with Crippen molar-refractivity contribution in [3.05, 3.63) is 35.9 Å². The van der Waals surface area contributed by atoms with Gasteiger partial charge in [-0.05, 0) is 17.5 Å². The highest BCUT2D eigenvalue weighted by molar-refractivity contribution is 8.02. The van der Waals surface area contributed by atoms with Crippen LogP contribution >= 0.6 is 11.8 Å². The molecule has 0 aromatic carbocycles. The first-order chi connectivity index (χ1) is 7.27. The molecule has 2 aromatic rings. The summed E-state index contributed by atoms with van der Waals surface area (Å²) in [6, 6.07) is 5.56. The zero-order valence-electron chi connectivity index (χ0n) is 7.57. The molecule has 0 bridgehead atoms. The fourth-order valence-corrected chi connectivity index (χ4v) is 1.72. The highest BCUT2D eigenvalue weighted by atomic mass is 32.2. The van der Waals surface area contributed by atoms with Gasteiger partial charge in [0.2, 0.25) is 0 Å². The Morgan fingerprint density at radius 1 is 1.47 bits per heavy atom. The molecule has 0 saturated carbocycles. The Bertz CT molecular complexity index is 521. The minimum absolute atomic E-state index is 0.642. The van der Waals surface area contributed by atoms with Crippen LogP contribution in [-0.4, -0.2) is 25.7 Å². The fraction of sp³-hybridized carbons (Fsp3) is 0. The van der Waals surface area contributed by atoms with Crippen molar-refractivity contribution in [1.82, 2.24) is 14.6 Å². The molecule has 0 saturated heterocycles. The second kappa shape index (κ2) is 4.14. The summed E-state index contributed by atoms with van der Waals surface area (Å²) in [5.74, 6) is -0.976. The predicted octanol–water partition coefficient (Wildman–Crippen LogP) is 1.42. The summed E-state index contributed by atoms with van der Waals surface area (Å²) < 4.78 is 1.79. The molecule has 0 unspecified atom stereocenters. The van der Waals surface area contributed by atoms with Crippen LogP contribution in [0.1, 0.15) is 0 Å². The summed E-state index contributed by atoms with van der Waals surface area (Å²) in [5, 5.41) is 18.4. The molecule has 2 aromatic heterocycles. The van der Waals surface area contributed by atoms with E-state index in [0.29, 0.717) is 5.16 Å². The summed E-state index contributed by atoms with van der Waals surface area (Å²) in [5.41, 5.74) is 0.740. The third-order valence-electron chi connectivity index (χ3n) is 1.67. The van der Waals surface area contributed by atoms with Crippen LogP contribution < -0.4 is 0 Å². The fourth-order valence-electron chi connectivity index (χ4n) is 1.05. The SMILES string of the molecule is O=C(O)C=CSc1nnc2ccccn12. The van der Waals surface area contributed by atoms with E-state index in [0.717, 1.165) is 11.7 Å². The first-order valence-electron chi connectivity index (χ1n) is 4.13. The topological polar surface area (TPSA) is 67.5 Å². The van der Waals surface area contributed by atoms with Gasteiger partial charge >= 0.3 is 5.97 Å². The van der Waals surface area contributed by atoms with E-state index in [1.165, 1.54) is 17.2 Å². The van der Waals surface area contributed by atoms with Crippen molar-refractivity contribution in [2.75, 3.05) is 0 Å². The van der Waals surface area contributed by atoms with E-state index in [2.05, 4.69) is 10.2 Å². The molecule has 15 heavy (non-hydrogen) atoms. The molecule has 76 valence electrons. The molecule has 5 nitrogen and oxygen atoms in total. The lowest BCUT2D eigenvalue weighted by Gasteiger charge is -1.93. The summed E-state index contributed by atoms with van der Waals surface area (Å²) in [6.45, 7) is 0. The number of nitrogens with zero attached hydrogens (tertiary/aromatic N) is 3. The number of hydrogen-bond donors (Lipinski definition) is 1.